The number of aromatic amines is 1. The lowest BCUT2D eigenvalue weighted by Crippen LogP contribution is -2.48. The van der Waals surface area contributed by atoms with Gasteiger partial charge >= 0.3 is 0 Å². The first kappa shape index (κ1) is 26.0. The van der Waals surface area contributed by atoms with Crippen LogP contribution in [0.4, 0.5) is 5.69 Å². The number of para-hydroxylation sites is 1. The van der Waals surface area contributed by atoms with Gasteiger partial charge in [0.1, 0.15) is 0 Å². The molecule has 0 spiro atoms. The quantitative estimate of drug-likeness (QED) is 0.316. The fourth-order valence-corrected chi connectivity index (χ4v) is 6.48. The van der Waals surface area contributed by atoms with E-state index in [4.69, 9.17) is 4.74 Å². The summed E-state index contributed by atoms with van der Waals surface area (Å²) in [5, 5.41) is 13.8. The number of nitrogens with zero attached hydrogens (tertiary/aromatic N) is 3. The summed E-state index contributed by atoms with van der Waals surface area (Å²) >= 11 is 1.48. The number of morpholine rings is 1. The van der Waals surface area contributed by atoms with Crippen LogP contribution in [0.25, 0.3) is 23.1 Å². The van der Waals surface area contributed by atoms with Crippen molar-refractivity contribution in [3.63, 3.8) is 0 Å². The minimum Gasteiger partial charge on any atom is -0.379 e. The van der Waals surface area contributed by atoms with Crippen molar-refractivity contribution in [3.05, 3.63) is 81.2 Å². The molecule has 7 nitrogen and oxygen atoms in total. The number of ether oxygens (including phenoxy) is 1. The van der Waals surface area contributed by atoms with Gasteiger partial charge in [0.25, 0.3) is 5.91 Å². The van der Waals surface area contributed by atoms with E-state index in [1.165, 1.54) is 29.7 Å². The number of carbonyl (C=O) groups excluding carboxylic acids is 1. The number of thiophene rings is 1. The largest absolute Gasteiger partial charge is 0.379 e. The number of piperidine rings is 1. The molecule has 2 aromatic heterocycles. The Morgan fingerprint density at radius 2 is 1.92 bits per heavy atom. The molecular formula is C31H35N5O2S. The number of nitrogens with one attached hydrogen (secondary N) is 2. The van der Waals surface area contributed by atoms with Crippen LogP contribution in [0.3, 0.4) is 0 Å². The minimum atomic E-state index is -0.0640. The van der Waals surface area contributed by atoms with Crippen LogP contribution in [0.5, 0.6) is 0 Å². The number of hydrogen-bond acceptors (Lipinski definition) is 6. The molecule has 8 heteroatoms. The van der Waals surface area contributed by atoms with Crippen LogP contribution < -0.4 is 5.32 Å². The Morgan fingerprint density at radius 1 is 1.10 bits per heavy atom. The molecule has 0 saturated carbocycles. The summed E-state index contributed by atoms with van der Waals surface area (Å²) in [7, 11) is 0. The van der Waals surface area contributed by atoms with E-state index >= 15 is 0 Å². The van der Waals surface area contributed by atoms with Gasteiger partial charge in [0, 0.05) is 36.7 Å². The number of amides is 1. The fraction of sp³-hybridized carbons (Fsp3) is 0.355. The van der Waals surface area contributed by atoms with Crippen LogP contribution in [0.2, 0.25) is 0 Å². The summed E-state index contributed by atoms with van der Waals surface area (Å²) in [6.07, 6.45) is 6.44. The van der Waals surface area contributed by atoms with E-state index in [1.54, 1.807) is 0 Å². The Bertz CT molecular complexity index is 1460. The first-order valence-electron chi connectivity index (χ1n) is 13.8. The van der Waals surface area contributed by atoms with Gasteiger partial charge in [0.05, 0.1) is 29.3 Å². The maximum Gasteiger partial charge on any atom is 0.266 e. The molecule has 0 radical (unpaired) electrons. The Kier molecular flexibility index (Phi) is 7.88. The monoisotopic (exact) mass is 541 g/mol. The molecule has 2 saturated heterocycles. The standard InChI is InChI=1S/C31H35N5O2S/c1-22-12-19-39-30(22)31(37)32-29-20-23(21-35-13-10-25(11-14-35)36-15-17-38-18-16-36)6-7-24(29)8-9-28-26-4-2-3-5-27(26)33-34-28/h2-9,12,19-20,25H,10-11,13-18,21H2,1H3,(H,32,37)(H,33,34)/b9-8+. The van der Waals surface area contributed by atoms with Gasteiger partial charge in [-0.1, -0.05) is 36.4 Å². The van der Waals surface area contributed by atoms with E-state index in [1.807, 2.05) is 48.7 Å². The molecule has 2 aliphatic heterocycles. The molecule has 2 N–H and O–H groups in total. The van der Waals surface area contributed by atoms with Crippen molar-refractivity contribution in [3.8, 4) is 0 Å². The average molecular weight is 542 g/mol. The second kappa shape index (κ2) is 11.8. The maximum atomic E-state index is 13.2. The van der Waals surface area contributed by atoms with Gasteiger partial charge < -0.3 is 10.1 Å². The third-order valence-corrected chi connectivity index (χ3v) is 8.90. The number of aromatic nitrogens is 2. The molecule has 0 aliphatic carbocycles. The molecule has 0 atom stereocenters. The Labute approximate surface area is 233 Å². The lowest BCUT2D eigenvalue weighted by molar-refractivity contribution is 0.000232. The number of fused-ring (bicyclic) bond motifs is 1. The lowest BCUT2D eigenvalue weighted by atomic mass is 10.0. The molecule has 2 aromatic carbocycles. The van der Waals surface area contributed by atoms with Crippen LogP contribution >= 0.6 is 11.3 Å². The highest BCUT2D eigenvalue weighted by Crippen LogP contribution is 2.26. The summed E-state index contributed by atoms with van der Waals surface area (Å²) in [6.45, 7) is 8.86. The third-order valence-electron chi connectivity index (χ3n) is 7.88. The van der Waals surface area contributed by atoms with Crippen molar-refractivity contribution >= 4 is 46.0 Å². The third kappa shape index (κ3) is 5.99. The van der Waals surface area contributed by atoms with Crippen molar-refractivity contribution in [2.45, 2.75) is 32.4 Å². The van der Waals surface area contributed by atoms with Gasteiger partial charge in [0.2, 0.25) is 0 Å². The van der Waals surface area contributed by atoms with Crippen molar-refractivity contribution in [2.75, 3.05) is 44.7 Å². The molecule has 4 aromatic rings. The first-order chi connectivity index (χ1) is 19.1. The van der Waals surface area contributed by atoms with Gasteiger partial charge in [-0.25, -0.2) is 0 Å². The predicted molar refractivity (Wildman–Crippen MR) is 159 cm³/mol. The molecule has 6 rings (SSSR count). The highest BCUT2D eigenvalue weighted by atomic mass is 32.1. The molecule has 2 fully saturated rings. The van der Waals surface area contributed by atoms with E-state index in [0.717, 1.165) is 84.2 Å². The van der Waals surface area contributed by atoms with Crippen molar-refractivity contribution in [1.29, 1.82) is 0 Å². The van der Waals surface area contributed by atoms with Crippen molar-refractivity contribution < 1.29 is 9.53 Å². The van der Waals surface area contributed by atoms with Gasteiger partial charge in [-0.05, 0) is 79.2 Å². The average Bonchev–Trinajstić information content (AvgIpc) is 3.59. The van der Waals surface area contributed by atoms with Crippen LogP contribution in [0, 0.1) is 6.92 Å². The van der Waals surface area contributed by atoms with E-state index < -0.39 is 0 Å². The zero-order chi connectivity index (χ0) is 26.6. The van der Waals surface area contributed by atoms with Crippen molar-refractivity contribution in [2.24, 2.45) is 0 Å². The van der Waals surface area contributed by atoms with E-state index in [0.29, 0.717) is 6.04 Å². The second-order valence-corrected chi connectivity index (χ2v) is 11.4. The van der Waals surface area contributed by atoms with Gasteiger partial charge in [0.15, 0.2) is 0 Å². The summed E-state index contributed by atoms with van der Waals surface area (Å²) in [4.78, 5) is 19.1. The number of anilines is 1. The second-order valence-electron chi connectivity index (χ2n) is 10.5. The highest BCUT2D eigenvalue weighted by molar-refractivity contribution is 7.12. The summed E-state index contributed by atoms with van der Waals surface area (Å²) in [5.41, 5.74) is 5.87. The van der Waals surface area contributed by atoms with E-state index in [9.17, 15) is 4.79 Å². The summed E-state index contributed by atoms with van der Waals surface area (Å²) in [5.74, 6) is -0.0640. The topological polar surface area (TPSA) is 73.5 Å². The molecule has 4 heterocycles. The Morgan fingerprint density at radius 3 is 2.72 bits per heavy atom. The number of carbonyl (C=O) groups is 1. The van der Waals surface area contributed by atoms with Crippen molar-refractivity contribution in [1.82, 2.24) is 20.0 Å². The molecular weight excluding hydrogens is 506 g/mol. The minimum absolute atomic E-state index is 0.0640. The van der Waals surface area contributed by atoms with Crippen LogP contribution in [0.1, 0.15) is 44.9 Å². The number of hydrogen-bond donors (Lipinski definition) is 2. The summed E-state index contributed by atoms with van der Waals surface area (Å²) in [6, 6.07) is 17.2. The van der Waals surface area contributed by atoms with Crippen LogP contribution in [0.15, 0.2) is 53.9 Å². The van der Waals surface area contributed by atoms with E-state index in [-0.39, 0.29) is 5.91 Å². The number of aryl methyl sites for hydroxylation is 1. The van der Waals surface area contributed by atoms with Gasteiger partial charge in [-0.3, -0.25) is 19.7 Å². The predicted octanol–water partition coefficient (Wildman–Crippen LogP) is 5.65. The zero-order valence-corrected chi connectivity index (χ0v) is 23.2. The molecule has 39 heavy (non-hydrogen) atoms. The number of H-pyrrole nitrogens is 1. The summed E-state index contributed by atoms with van der Waals surface area (Å²) < 4.78 is 5.53. The van der Waals surface area contributed by atoms with Gasteiger partial charge in [-0.2, -0.15) is 5.10 Å². The van der Waals surface area contributed by atoms with Crippen LogP contribution in [-0.2, 0) is 11.3 Å². The highest BCUT2D eigenvalue weighted by Gasteiger charge is 2.26. The molecule has 2 aliphatic rings. The SMILES string of the molecule is Cc1ccsc1C(=O)Nc1cc(CN2CCC(N3CCOCC3)CC2)ccc1/C=C/c1n[nH]c2ccccc12. The lowest BCUT2D eigenvalue weighted by Gasteiger charge is -2.40. The zero-order valence-electron chi connectivity index (χ0n) is 22.4. The normalized spacial score (nSPS) is 17.8. The van der Waals surface area contributed by atoms with E-state index in [2.05, 4.69) is 49.6 Å². The molecule has 0 bridgehead atoms. The van der Waals surface area contributed by atoms with Gasteiger partial charge in [-0.15, -0.1) is 11.3 Å². The molecule has 202 valence electrons. The Hall–Kier alpha value is -3.30. The Balaban J connectivity index is 1.20. The number of likely N-dealkylation sites (tertiary alicyclic amines) is 1. The molecule has 0 unspecified atom stereocenters. The smallest absolute Gasteiger partial charge is 0.266 e. The number of rotatable bonds is 7. The van der Waals surface area contributed by atoms with Crippen LogP contribution in [-0.4, -0.2) is 71.3 Å². The molecule has 1 amide bonds. The fourth-order valence-electron chi connectivity index (χ4n) is 5.66. The first-order valence-corrected chi connectivity index (χ1v) is 14.7. The number of benzene rings is 2. The maximum absolute atomic E-state index is 13.2.